The maximum Gasteiger partial charge on any atom is 0.00186 e. The van der Waals surface area contributed by atoms with Crippen molar-refractivity contribution >= 4 is 0 Å². The van der Waals surface area contributed by atoms with Crippen LogP contribution in [0, 0.1) is 0 Å². The van der Waals surface area contributed by atoms with Crippen LogP contribution in [-0.4, -0.2) is 0 Å². The van der Waals surface area contributed by atoms with Crippen LogP contribution in [0.4, 0.5) is 0 Å². The fourth-order valence-corrected chi connectivity index (χ4v) is 0.690. The van der Waals surface area contributed by atoms with Crippen molar-refractivity contribution in [1.29, 1.82) is 0 Å². The van der Waals surface area contributed by atoms with Gasteiger partial charge in [0.25, 0.3) is 0 Å². The first kappa shape index (κ1) is 9.04. The van der Waals surface area contributed by atoms with Crippen LogP contribution >= 0.6 is 0 Å². The van der Waals surface area contributed by atoms with E-state index in [0.29, 0.717) is 0 Å². The topological polar surface area (TPSA) is 0 Å². The predicted molar refractivity (Wildman–Crippen MR) is 45.9 cm³/mol. The van der Waals surface area contributed by atoms with Crippen LogP contribution in [0.5, 0.6) is 0 Å². The Morgan fingerprint density at radius 2 is 2.10 bits per heavy atom. The number of rotatable bonds is 2. The van der Waals surface area contributed by atoms with Gasteiger partial charge >= 0.3 is 0 Å². The lowest BCUT2D eigenvalue weighted by Gasteiger charge is -1.93. The molecule has 0 aliphatic carbocycles. The molecular formula is C10H14. The monoisotopic (exact) mass is 134 g/mol. The van der Waals surface area contributed by atoms with Gasteiger partial charge in [-0.25, -0.2) is 0 Å². The molecule has 0 amide bonds. The summed E-state index contributed by atoms with van der Waals surface area (Å²) in [6.45, 7) is 9.66. The average Bonchev–Trinajstić information content (AvgIpc) is 1.89. The smallest absolute Gasteiger partial charge is 0.00186 e. The third-order valence-electron chi connectivity index (χ3n) is 1.38. The van der Waals surface area contributed by atoms with Gasteiger partial charge in [0.15, 0.2) is 0 Å². The Hall–Kier alpha value is -0.960. The molecule has 0 saturated heterocycles. The third-order valence-corrected chi connectivity index (χ3v) is 1.38. The summed E-state index contributed by atoms with van der Waals surface area (Å²) < 4.78 is 0. The lowest BCUT2D eigenvalue weighted by molar-refractivity contribution is 1.18. The van der Waals surface area contributed by atoms with Crippen LogP contribution in [0.3, 0.4) is 0 Å². The number of hydrogen-bond donors (Lipinski definition) is 0. The van der Waals surface area contributed by atoms with Crippen LogP contribution in [0.2, 0.25) is 0 Å². The predicted octanol–water partition coefficient (Wildman–Crippen LogP) is 3.23. The highest BCUT2D eigenvalue weighted by Gasteiger charge is 1.87. The van der Waals surface area contributed by atoms with Crippen LogP contribution in [-0.2, 0) is 0 Å². The fourth-order valence-electron chi connectivity index (χ4n) is 0.690. The van der Waals surface area contributed by atoms with E-state index in [-0.39, 0.29) is 0 Å². The van der Waals surface area contributed by atoms with E-state index < -0.39 is 0 Å². The molecule has 0 aromatic rings. The summed E-state index contributed by atoms with van der Waals surface area (Å²) in [5, 5.41) is 0. The molecule has 54 valence electrons. The molecule has 0 aliphatic heterocycles. The molecular weight excluding hydrogens is 120 g/mol. The molecule has 0 rings (SSSR count). The van der Waals surface area contributed by atoms with Crippen molar-refractivity contribution in [3.05, 3.63) is 35.3 Å². The van der Waals surface area contributed by atoms with Crippen LogP contribution in [0.1, 0.15) is 27.2 Å². The highest BCUT2D eigenvalue weighted by atomic mass is 13.9. The minimum atomic E-state index is 1.07. The van der Waals surface area contributed by atoms with Crippen molar-refractivity contribution in [2.75, 3.05) is 0 Å². The van der Waals surface area contributed by atoms with E-state index in [1.807, 2.05) is 6.92 Å². The van der Waals surface area contributed by atoms with Crippen molar-refractivity contribution in [2.24, 2.45) is 0 Å². The first-order chi connectivity index (χ1) is 4.72. The zero-order chi connectivity index (χ0) is 7.98. The molecule has 0 fully saturated rings. The molecule has 0 saturated carbocycles. The summed E-state index contributed by atoms with van der Waals surface area (Å²) >= 11 is 0. The molecule has 0 heterocycles. The van der Waals surface area contributed by atoms with Gasteiger partial charge < -0.3 is 0 Å². The lowest BCUT2D eigenvalue weighted by atomic mass is 10.1. The molecule has 0 aliphatic rings. The Labute approximate surface area is 63.3 Å². The molecule has 0 aromatic heterocycles. The van der Waals surface area contributed by atoms with Crippen molar-refractivity contribution < 1.29 is 0 Å². The normalized spacial score (nSPS) is 10.1. The fraction of sp³-hybridized carbons (Fsp3) is 0.400. The van der Waals surface area contributed by atoms with Gasteiger partial charge in [0, 0.05) is 5.57 Å². The van der Waals surface area contributed by atoms with Gasteiger partial charge in [-0.2, -0.15) is 0 Å². The highest BCUT2D eigenvalue weighted by molar-refractivity contribution is 5.25. The van der Waals surface area contributed by atoms with E-state index >= 15 is 0 Å². The largest absolute Gasteiger partial charge is 0.0810 e. The maximum absolute atomic E-state index is 3.46. The van der Waals surface area contributed by atoms with Crippen LogP contribution < -0.4 is 0 Å². The Kier molecular flexibility index (Phi) is 4.41. The summed E-state index contributed by atoms with van der Waals surface area (Å²) in [5.74, 6) is 0. The first-order valence-electron chi connectivity index (χ1n) is 3.51. The standard InChI is InChI=1S/C10H14/c1-5-7-9(3)10(4)8-6-2/h8H,1,6H2,2-4H3. The molecule has 0 atom stereocenters. The van der Waals surface area contributed by atoms with Crippen LogP contribution in [0.25, 0.3) is 0 Å². The van der Waals surface area contributed by atoms with E-state index in [2.05, 4.69) is 38.0 Å². The Morgan fingerprint density at radius 3 is 2.50 bits per heavy atom. The van der Waals surface area contributed by atoms with E-state index in [1.165, 1.54) is 5.57 Å². The maximum atomic E-state index is 3.46. The Balaban J connectivity index is 4.51. The second-order valence-corrected chi connectivity index (χ2v) is 2.22. The van der Waals surface area contributed by atoms with E-state index in [9.17, 15) is 0 Å². The highest BCUT2D eigenvalue weighted by Crippen LogP contribution is 2.06. The lowest BCUT2D eigenvalue weighted by Crippen LogP contribution is -1.75. The molecule has 0 spiro atoms. The van der Waals surface area contributed by atoms with Crippen molar-refractivity contribution in [3.8, 4) is 0 Å². The van der Waals surface area contributed by atoms with E-state index in [1.54, 1.807) is 0 Å². The molecule has 10 heavy (non-hydrogen) atoms. The molecule has 0 radical (unpaired) electrons. The zero-order valence-electron chi connectivity index (χ0n) is 6.99. The zero-order valence-corrected chi connectivity index (χ0v) is 6.99. The third kappa shape index (κ3) is 3.14. The summed E-state index contributed by atoms with van der Waals surface area (Å²) in [4.78, 5) is 0. The molecule has 0 unspecified atom stereocenters. The van der Waals surface area contributed by atoms with Crippen LogP contribution in [0.15, 0.2) is 35.3 Å². The van der Waals surface area contributed by atoms with Gasteiger partial charge in [-0.15, -0.1) is 0 Å². The summed E-state index contributed by atoms with van der Waals surface area (Å²) in [6.07, 6.45) is 3.24. The number of allylic oxidation sites excluding steroid dienone is 3. The summed E-state index contributed by atoms with van der Waals surface area (Å²) in [5.41, 5.74) is 7.93. The van der Waals surface area contributed by atoms with Crippen molar-refractivity contribution in [2.45, 2.75) is 27.2 Å². The Bertz CT molecular complexity index is 206. The average molecular weight is 134 g/mol. The van der Waals surface area contributed by atoms with Gasteiger partial charge in [0.1, 0.15) is 0 Å². The molecule has 0 N–H and O–H groups in total. The SMILES string of the molecule is C=C=C=C(C)C(C)=CCC. The minimum Gasteiger partial charge on any atom is -0.0810 e. The van der Waals surface area contributed by atoms with E-state index in [4.69, 9.17) is 0 Å². The van der Waals surface area contributed by atoms with Crippen molar-refractivity contribution in [3.63, 3.8) is 0 Å². The molecule has 0 heteroatoms. The minimum absolute atomic E-state index is 1.07. The van der Waals surface area contributed by atoms with Gasteiger partial charge in [0.2, 0.25) is 0 Å². The second kappa shape index (κ2) is 4.88. The van der Waals surface area contributed by atoms with Gasteiger partial charge in [0.05, 0.1) is 0 Å². The van der Waals surface area contributed by atoms with Gasteiger partial charge in [-0.05, 0) is 32.4 Å². The van der Waals surface area contributed by atoms with Gasteiger partial charge in [-0.1, -0.05) is 24.5 Å². The Morgan fingerprint density at radius 1 is 1.50 bits per heavy atom. The van der Waals surface area contributed by atoms with Gasteiger partial charge in [-0.3, -0.25) is 0 Å². The quantitative estimate of drug-likeness (QED) is 0.402. The summed E-state index contributed by atoms with van der Waals surface area (Å²) in [6, 6.07) is 0. The molecule has 0 nitrogen and oxygen atoms in total. The first-order valence-corrected chi connectivity index (χ1v) is 3.51. The van der Waals surface area contributed by atoms with E-state index in [0.717, 1.165) is 12.0 Å². The second-order valence-electron chi connectivity index (χ2n) is 2.22. The molecule has 0 aromatic carbocycles. The molecule has 0 bridgehead atoms. The number of hydrogen-bond acceptors (Lipinski definition) is 0. The summed E-state index contributed by atoms with van der Waals surface area (Å²) in [7, 11) is 0. The van der Waals surface area contributed by atoms with Crippen molar-refractivity contribution in [1.82, 2.24) is 0 Å².